The Morgan fingerprint density at radius 3 is 2.57 bits per heavy atom. The average Bonchev–Trinajstić information content (AvgIpc) is 2.37. The SMILES string of the molecule is CC1CCN(S(=O)(=O)c2ccc([N+](=O)[O-])c(F)c2)C(C)C1. The van der Waals surface area contributed by atoms with Crippen molar-refractivity contribution in [1.29, 1.82) is 0 Å². The summed E-state index contributed by atoms with van der Waals surface area (Å²) in [5.74, 6) is -0.695. The van der Waals surface area contributed by atoms with Crippen molar-refractivity contribution >= 4 is 15.7 Å². The van der Waals surface area contributed by atoms with Crippen LogP contribution in [0.25, 0.3) is 0 Å². The van der Waals surface area contributed by atoms with Crippen LogP contribution in [-0.2, 0) is 10.0 Å². The molecule has 6 nitrogen and oxygen atoms in total. The smallest absolute Gasteiger partial charge is 0.258 e. The highest BCUT2D eigenvalue weighted by Gasteiger charge is 2.34. The summed E-state index contributed by atoms with van der Waals surface area (Å²) < 4.78 is 40.0. The summed E-state index contributed by atoms with van der Waals surface area (Å²) in [6.07, 6.45) is 1.49. The number of sulfonamides is 1. The van der Waals surface area contributed by atoms with E-state index in [2.05, 4.69) is 6.92 Å². The molecule has 0 aromatic heterocycles. The van der Waals surface area contributed by atoms with Gasteiger partial charge in [0.15, 0.2) is 0 Å². The summed E-state index contributed by atoms with van der Waals surface area (Å²) in [5.41, 5.74) is -0.728. The third-order valence-electron chi connectivity index (χ3n) is 3.80. The fourth-order valence-corrected chi connectivity index (χ4v) is 4.34. The highest BCUT2D eigenvalue weighted by molar-refractivity contribution is 7.89. The van der Waals surface area contributed by atoms with E-state index in [0.717, 1.165) is 31.0 Å². The van der Waals surface area contributed by atoms with Gasteiger partial charge in [0.2, 0.25) is 15.8 Å². The second-order valence-electron chi connectivity index (χ2n) is 5.46. The maximum atomic E-state index is 13.6. The Morgan fingerprint density at radius 1 is 1.38 bits per heavy atom. The molecule has 1 saturated heterocycles. The quantitative estimate of drug-likeness (QED) is 0.634. The monoisotopic (exact) mass is 316 g/mol. The zero-order chi connectivity index (χ0) is 15.8. The molecule has 2 atom stereocenters. The zero-order valence-electron chi connectivity index (χ0n) is 11.8. The van der Waals surface area contributed by atoms with Gasteiger partial charge in [0.25, 0.3) is 0 Å². The number of nitro groups is 1. The van der Waals surface area contributed by atoms with Crippen LogP contribution in [0.4, 0.5) is 10.1 Å². The minimum atomic E-state index is -3.83. The fraction of sp³-hybridized carbons (Fsp3) is 0.538. The van der Waals surface area contributed by atoms with E-state index in [0.29, 0.717) is 12.5 Å². The molecule has 0 N–H and O–H groups in total. The third-order valence-corrected chi connectivity index (χ3v) is 5.81. The van der Waals surface area contributed by atoms with E-state index in [9.17, 15) is 22.9 Å². The van der Waals surface area contributed by atoms with Crippen molar-refractivity contribution in [3.05, 3.63) is 34.1 Å². The minimum Gasteiger partial charge on any atom is -0.258 e. The molecule has 1 aromatic rings. The van der Waals surface area contributed by atoms with E-state index in [-0.39, 0.29) is 10.9 Å². The van der Waals surface area contributed by atoms with Crippen LogP contribution in [0.2, 0.25) is 0 Å². The molecule has 0 bridgehead atoms. The highest BCUT2D eigenvalue weighted by atomic mass is 32.2. The van der Waals surface area contributed by atoms with Crippen LogP contribution in [0.1, 0.15) is 26.7 Å². The first-order chi connectivity index (χ1) is 9.73. The van der Waals surface area contributed by atoms with Gasteiger partial charge in [-0.25, -0.2) is 8.42 Å². The predicted molar refractivity (Wildman–Crippen MR) is 74.8 cm³/mol. The molecular formula is C13H17FN2O4S. The van der Waals surface area contributed by atoms with Gasteiger partial charge < -0.3 is 0 Å². The van der Waals surface area contributed by atoms with Crippen molar-refractivity contribution in [2.45, 2.75) is 37.6 Å². The number of halogens is 1. The number of nitrogens with zero attached hydrogens (tertiary/aromatic N) is 2. The lowest BCUT2D eigenvalue weighted by Crippen LogP contribution is -2.44. The van der Waals surface area contributed by atoms with Crippen LogP contribution >= 0.6 is 0 Å². The van der Waals surface area contributed by atoms with Crippen molar-refractivity contribution in [1.82, 2.24) is 4.31 Å². The minimum absolute atomic E-state index is 0.169. The second kappa shape index (κ2) is 5.69. The number of piperidine rings is 1. The van der Waals surface area contributed by atoms with Gasteiger partial charge in [-0.15, -0.1) is 0 Å². The lowest BCUT2D eigenvalue weighted by Gasteiger charge is -2.35. The molecule has 0 radical (unpaired) electrons. The fourth-order valence-electron chi connectivity index (χ4n) is 2.67. The van der Waals surface area contributed by atoms with Crippen LogP contribution in [0, 0.1) is 21.8 Å². The number of nitro benzene ring substituents is 1. The maximum Gasteiger partial charge on any atom is 0.304 e. The molecule has 21 heavy (non-hydrogen) atoms. The Morgan fingerprint density at radius 2 is 2.05 bits per heavy atom. The standard InChI is InChI=1S/C13H17FN2O4S/c1-9-5-6-15(10(2)7-9)21(19,20)11-3-4-13(16(17)18)12(14)8-11/h3-4,8-10H,5-7H2,1-2H3. The van der Waals surface area contributed by atoms with Gasteiger partial charge in [0.05, 0.1) is 9.82 Å². The molecule has 0 spiro atoms. The molecule has 1 fully saturated rings. The topological polar surface area (TPSA) is 80.5 Å². The number of hydrogen-bond acceptors (Lipinski definition) is 4. The van der Waals surface area contributed by atoms with Crippen LogP contribution in [-0.4, -0.2) is 30.2 Å². The van der Waals surface area contributed by atoms with Gasteiger partial charge in [-0.1, -0.05) is 6.92 Å². The van der Waals surface area contributed by atoms with Crippen molar-refractivity contribution in [2.24, 2.45) is 5.92 Å². The van der Waals surface area contributed by atoms with Crippen LogP contribution in [0.5, 0.6) is 0 Å². The highest BCUT2D eigenvalue weighted by Crippen LogP contribution is 2.29. The molecule has 0 amide bonds. The van der Waals surface area contributed by atoms with Gasteiger partial charge in [-0.2, -0.15) is 8.70 Å². The lowest BCUT2D eigenvalue weighted by atomic mass is 9.95. The second-order valence-corrected chi connectivity index (χ2v) is 7.36. The molecule has 1 heterocycles. The average molecular weight is 316 g/mol. The summed E-state index contributed by atoms with van der Waals surface area (Å²) in [4.78, 5) is 9.46. The summed E-state index contributed by atoms with van der Waals surface area (Å²) in [6.45, 7) is 4.25. The van der Waals surface area contributed by atoms with E-state index in [1.54, 1.807) is 0 Å². The van der Waals surface area contributed by atoms with Crippen molar-refractivity contribution < 1.29 is 17.7 Å². The summed E-state index contributed by atoms with van der Waals surface area (Å²) in [7, 11) is -3.83. The van der Waals surface area contributed by atoms with E-state index in [1.807, 2.05) is 6.92 Å². The van der Waals surface area contributed by atoms with E-state index in [4.69, 9.17) is 0 Å². The lowest BCUT2D eigenvalue weighted by molar-refractivity contribution is -0.387. The van der Waals surface area contributed by atoms with Crippen molar-refractivity contribution in [3.63, 3.8) is 0 Å². The molecule has 1 aromatic carbocycles. The van der Waals surface area contributed by atoms with Crippen molar-refractivity contribution in [2.75, 3.05) is 6.54 Å². The Bertz CT molecular complexity index is 662. The first kappa shape index (κ1) is 15.8. The molecule has 2 rings (SSSR count). The molecule has 1 aliphatic rings. The maximum absolute atomic E-state index is 13.6. The third kappa shape index (κ3) is 3.06. The molecule has 0 saturated carbocycles. The van der Waals surface area contributed by atoms with Crippen LogP contribution in [0.15, 0.2) is 23.1 Å². The molecule has 0 aliphatic carbocycles. The first-order valence-corrected chi connectivity index (χ1v) is 8.13. The largest absolute Gasteiger partial charge is 0.304 e. The normalized spacial score (nSPS) is 24.0. The number of hydrogen-bond donors (Lipinski definition) is 0. The molecule has 2 unspecified atom stereocenters. The van der Waals surface area contributed by atoms with Crippen molar-refractivity contribution in [3.8, 4) is 0 Å². The number of rotatable bonds is 3. The van der Waals surface area contributed by atoms with Gasteiger partial charge >= 0.3 is 5.69 Å². The first-order valence-electron chi connectivity index (χ1n) is 6.69. The van der Waals surface area contributed by atoms with Gasteiger partial charge in [0, 0.05) is 24.7 Å². The number of benzene rings is 1. The predicted octanol–water partition coefficient (Wildman–Crippen LogP) is 2.54. The van der Waals surface area contributed by atoms with E-state index >= 15 is 0 Å². The zero-order valence-corrected chi connectivity index (χ0v) is 12.6. The summed E-state index contributed by atoms with van der Waals surface area (Å²) in [5, 5.41) is 10.6. The Balaban J connectivity index is 2.36. The Hall–Kier alpha value is -1.54. The Labute approximate surface area is 122 Å². The van der Waals surface area contributed by atoms with Crippen LogP contribution in [0.3, 0.4) is 0 Å². The molecular weight excluding hydrogens is 299 g/mol. The van der Waals surface area contributed by atoms with Crippen LogP contribution < -0.4 is 0 Å². The summed E-state index contributed by atoms with van der Waals surface area (Å²) >= 11 is 0. The molecule has 8 heteroatoms. The molecule has 116 valence electrons. The Kier molecular flexibility index (Phi) is 4.29. The van der Waals surface area contributed by atoms with E-state index < -0.39 is 26.5 Å². The van der Waals surface area contributed by atoms with Gasteiger partial charge in [-0.05, 0) is 31.7 Å². The van der Waals surface area contributed by atoms with Gasteiger partial charge in [0.1, 0.15) is 0 Å². The molecule has 1 aliphatic heterocycles. The summed E-state index contributed by atoms with van der Waals surface area (Å²) in [6, 6.07) is 2.52. The van der Waals surface area contributed by atoms with Gasteiger partial charge in [-0.3, -0.25) is 10.1 Å². The van der Waals surface area contributed by atoms with E-state index in [1.165, 1.54) is 4.31 Å².